The maximum atomic E-state index is 12.4. The summed E-state index contributed by atoms with van der Waals surface area (Å²) in [7, 11) is 1.64. The van der Waals surface area contributed by atoms with Gasteiger partial charge in [0.15, 0.2) is 10.8 Å². The molecule has 0 spiro atoms. The molecule has 0 bridgehead atoms. The first-order chi connectivity index (χ1) is 9.70. The molecule has 106 valence electrons. The first-order valence-corrected chi connectivity index (χ1v) is 6.75. The third-order valence-electron chi connectivity index (χ3n) is 3.48. The molecule has 0 radical (unpaired) electrons. The van der Waals surface area contributed by atoms with Gasteiger partial charge >= 0.3 is 0 Å². The molecule has 3 rings (SSSR count). The van der Waals surface area contributed by atoms with E-state index in [0.29, 0.717) is 17.9 Å². The van der Waals surface area contributed by atoms with Crippen LogP contribution in [0.3, 0.4) is 0 Å². The van der Waals surface area contributed by atoms with Crippen molar-refractivity contribution in [3.05, 3.63) is 35.2 Å². The highest BCUT2D eigenvalue weighted by Crippen LogP contribution is 2.18. The van der Waals surface area contributed by atoms with Crippen LogP contribution in [0, 0.1) is 0 Å². The molecule has 1 aliphatic heterocycles. The first kappa shape index (κ1) is 13.4. The molecule has 2 aromatic heterocycles. The van der Waals surface area contributed by atoms with E-state index in [1.807, 2.05) is 12.1 Å². The second kappa shape index (κ2) is 5.40. The molecule has 20 heavy (non-hydrogen) atoms. The van der Waals surface area contributed by atoms with Crippen LogP contribution in [-0.2, 0) is 4.74 Å². The van der Waals surface area contributed by atoms with E-state index >= 15 is 0 Å². The quantitative estimate of drug-likeness (QED) is 0.875. The van der Waals surface area contributed by atoms with Gasteiger partial charge in [0.25, 0.3) is 5.91 Å². The number of amides is 1. The summed E-state index contributed by atoms with van der Waals surface area (Å²) in [4.78, 5) is 16.6. The minimum atomic E-state index is -0.246. The predicted octanol–water partition coefficient (Wildman–Crippen LogP) is 0.704. The summed E-state index contributed by atoms with van der Waals surface area (Å²) < 4.78 is 7.01. The maximum Gasteiger partial charge on any atom is 0.271 e. The number of rotatable bonds is 3. The van der Waals surface area contributed by atoms with Crippen LogP contribution in [0.5, 0.6) is 0 Å². The molecule has 0 saturated carbocycles. The van der Waals surface area contributed by atoms with Gasteiger partial charge < -0.3 is 15.4 Å². The number of nitrogens with zero attached hydrogens (tertiary/aromatic N) is 2. The van der Waals surface area contributed by atoms with Gasteiger partial charge in [0.05, 0.1) is 12.1 Å². The zero-order valence-electron chi connectivity index (χ0n) is 11.0. The summed E-state index contributed by atoms with van der Waals surface area (Å²) >= 11 is 6.08. The molecule has 0 aliphatic carbocycles. The molecule has 1 amide bonds. The van der Waals surface area contributed by atoms with Crippen LogP contribution in [0.4, 0.5) is 0 Å². The number of imidazole rings is 1. The van der Waals surface area contributed by atoms with Gasteiger partial charge in [0.2, 0.25) is 0 Å². The Labute approximate surface area is 121 Å². The lowest BCUT2D eigenvalue weighted by molar-refractivity contribution is 0.0776. The molecule has 1 fully saturated rings. The highest BCUT2D eigenvalue weighted by atomic mass is 35.5. The van der Waals surface area contributed by atoms with Crippen LogP contribution >= 0.6 is 11.6 Å². The molecule has 2 N–H and O–H groups in total. The fraction of sp³-hybridized carbons (Fsp3) is 0.385. The largest absolute Gasteiger partial charge is 0.378 e. The lowest BCUT2D eigenvalue weighted by Crippen LogP contribution is -2.44. The molecular formula is C13H15ClN4O2. The summed E-state index contributed by atoms with van der Waals surface area (Å²) in [6.45, 7) is 1.40. The van der Waals surface area contributed by atoms with E-state index in [4.69, 9.17) is 16.3 Å². The highest BCUT2D eigenvalue weighted by molar-refractivity contribution is 6.32. The van der Waals surface area contributed by atoms with Gasteiger partial charge in [-0.3, -0.25) is 9.20 Å². The molecule has 1 aliphatic rings. The number of halogens is 1. The van der Waals surface area contributed by atoms with Gasteiger partial charge in [-0.25, -0.2) is 4.98 Å². The van der Waals surface area contributed by atoms with E-state index in [1.165, 1.54) is 0 Å². The summed E-state index contributed by atoms with van der Waals surface area (Å²) in [5.74, 6) is -0.246. The van der Waals surface area contributed by atoms with Crippen molar-refractivity contribution in [1.82, 2.24) is 20.0 Å². The molecule has 6 nitrogen and oxygen atoms in total. The Hall–Kier alpha value is -1.63. The normalized spacial score (nSPS) is 22.3. The van der Waals surface area contributed by atoms with Crippen molar-refractivity contribution >= 4 is 23.2 Å². The number of carbonyl (C=O) groups excluding carboxylic acids is 1. The summed E-state index contributed by atoms with van der Waals surface area (Å²) in [5.41, 5.74) is 1.000. The topological polar surface area (TPSA) is 67.7 Å². The van der Waals surface area contributed by atoms with Crippen molar-refractivity contribution in [3.8, 4) is 0 Å². The molecular weight excluding hydrogens is 280 g/mol. The number of pyridine rings is 1. The van der Waals surface area contributed by atoms with E-state index in [-0.39, 0.29) is 23.2 Å². The predicted molar refractivity (Wildman–Crippen MR) is 75.1 cm³/mol. The Morgan fingerprint density at radius 3 is 3.20 bits per heavy atom. The second-order valence-corrected chi connectivity index (χ2v) is 5.05. The summed E-state index contributed by atoms with van der Waals surface area (Å²) in [6, 6.07) is 5.41. The average molecular weight is 295 g/mol. The Morgan fingerprint density at radius 2 is 2.40 bits per heavy atom. The first-order valence-electron chi connectivity index (χ1n) is 6.37. The lowest BCUT2D eigenvalue weighted by atomic mass is 10.2. The number of hydrogen-bond donors (Lipinski definition) is 2. The zero-order valence-corrected chi connectivity index (χ0v) is 11.7. The van der Waals surface area contributed by atoms with Crippen LogP contribution < -0.4 is 10.6 Å². The Bertz CT molecular complexity index is 642. The van der Waals surface area contributed by atoms with E-state index in [2.05, 4.69) is 15.6 Å². The van der Waals surface area contributed by atoms with Crippen LogP contribution in [0.2, 0.25) is 5.15 Å². The third-order valence-corrected chi connectivity index (χ3v) is 3.74. The van der Waals surface area contributed by atoms with Crippen LogP contribution in [0.15, 0.2) is 24.4 Å². The number of hydrogen-bond acceptors (Lipinski definition) is 4. The van der Waals surface area contributed by atoms with Crippen molar-refractivity contribution in [2.45, 2.75) is 12.1 Å². The smallest absolute Gasteiger partial charge is 0.271 e. The fourth-order valence-electron chi connectivity index (χ4n) is 2.45. The average Bonchev–Trinajstić information content (AvgIpc) is 3.01. The van der Waals surface area contributed by atoms with Crippen molar-refractivity contribution in [1.29, 1.82) is 0 Å². The third kappa shape index (κ3) is 2.26. The van der Waals surface area contributed by atoms with Crippen LogP contribution in [0.1, 0.15) is 10.5 Å². The van der Waals surface area contributed by atoms with Gasteiger partial charge in [-0.05, 0) is 12.1 Å². The van der Waals surface area contributed by atoms with Gasteiger partial charge in [-0.2, -0.15) is 0 Å². The van der Waals surface area contributed by atoms with Gasteiger partial charge in [-0.1, -0.05) is 17.7 Å². The minimum absolute atomic E-state index is 0.0306. The Morgan fingerprint density at radius 1 is 1.55 bits per heavy atom. The van der Waals surface area contributed by atoms with E-state index in [0.717, 1.165) is 6.54 Å². The number of aromatic nitrogens is 2. The van der Waals surface area contributed by atoms with Crippen molar-refractivity contribution in [2.75, 3.05) is 20.2 Å². The van der Waals surface area contributed by atoms with Crippen LogP contribution in [-0.4, -0.2) is 47.6 Å². The number of carbonyl (C=O) groups is 1. The molecule has 0 unspecified atom stereocenters. The SMILES string of the molecule is CO[C@H]1CNC[C@@H]1NC(=O)c1c(Cl)nc2ccccn12. The standard InChI is InChI=1S/C13H15ClN4O2/c1-20-9-7-15-6-8(9)16-13(19)11-12(14)17-10-4-2-3-5-18(10)11/h2-5,8-9,15H,6-7H2,1H3,(H,16,19)/t8-,9-/m0/s1. The Balaban J connectivity index is 1.87. The maximum absolute atomic E-state index is 12.4. The van der Waals surface area contributed by atoms with Gasteiger partial charge in [0, 0.05) is 26.4 Å². The molecule has 3 heterocycles. The van der Waals surface area contributed by atoms with Crippen molar-refractivity contribution < 1.29 is 9.53 Å². The van der Waals surface area contributed by atoms with Crippen molar-refractivity contribution in [2.24, 2.45) is 0 Å². The van der Waals surface area contributed by atoms with Gasteiger partial charge in [0.1, 0.15) is 5.65 Å². The van der Waals surface area contributed by atoms with Gasteiger partial charge in [-0.15, -0.1) is 0 Å². The van der Waals surface area contributed by atoms with Crippen molar-refractivity contribution in [3.63, 3.8) is 0 Å². The summed E-state index contributed by atoms with van der Waals surface area (Å²) in [6.07, 6.45) is 1.74. The molecule has 0 aromatic carbocycles. The lowest BCUT2D eigenvalue weighted by Gasteiger charge is -2.18. The highest BCUT2D eigenvalue weighted by Gasteiger charge is 2.30. The molecule has 7 heteroatoms. The zero-order chi connectivity index (χ0) is 14.1. The minimum Gasteiger partial charge on any atom is -0.378 e. The monoisotopic (exact) mass is 294 g/mol. The second-order valence-electron chi connectivity index (χ2n) is 4.69. The number of methoxy groups -OCH3 is 1. The molecule has 2 aromatic rings. The van der Waals surface area contributed by atoms with E-state index in [9.17, 15) is 4.79 Å². The number of nitrogens with one attached hydrogen (secondary N) is 2. The van der Waals surface area contributed by atoms with Crippen LogP contribution in [0.25, 0.3) is 5.65 Å². The summed E-state index contributed by atoms with van der Waals surface area (Å²) in [5, 5.41) is 6.33. The van der Waals surface area contributed by atoms with E-state index in [1.54, 1.807) is 23.8 Å². The Kier molecular flexibility index (Phi) is 3.60. The molecule has 1 saturated heterocycles. The molecule has 2 atom stereocenters. The van der Waals surface area contributed by atoms with E-state index < -0.39 is 0 Å². The number of fused-ring (bicyclic) bond motifs is 1. The number of ether oxygens (including phenoxy) is 1. The fourth-order valence-corrected chi connectivity index (χ4v) is 2.72.